The highest BCUT2D eigenvalue weighted by molar-refractivity contribution is 7.85. The quantitative estimate of drug-likeness (QED) is 0.394. The van der Waals surface area contributed by atoms with Gasteiger partial charge in [0.05, 0.1) is 10.8 Å². The van der Waals surface area contributed by atoms with E-state index in [4.69, 9.17) is 0 Å². The van der Waals surface area contributed by atoms with E-state index in [9.17, 15) is 4.21 Å². The maximum atomic E-state index is 12.2. The zero-order valence-corrected chi connectivity index (χ0v) is 17.1. The summed E-state index contributed by atoms with van der Waals surface area (Å²) in [7, 11) is -0.969. The van der Waals surface area contributed by atoms with Gasteiger partial charge in [-0.1, -0.05) is 25.1 Å². The molecule has 0 aliphatic carbocycles. The smallest absolute Gasteiger partial charge is 0.191 e. The van der Waals surface area contributed by atoms with E-state index >= 15 is 0 Å². The van der Waals surface area contributed by atoms with E-state index in [1.807, 2.05) is 30.3 Å². The normalized spacial score (nSPS) is 17.8. The number of aliphatic imine (C=N–C) groups is 1. The third-order valence-corrected chi connectivity index (χ3v) is 6.08. The minimum atomic E-state index is -0.969. The number of hydrogen-bond acceptors (Lipinski definition) is 3. The van der Waals surface area contributed by atoms with Crippen LogP contribution in [0.4, 0.5) is 0 Å². The minimum absolute atomic E-state index is 0.584. The van der Waals surface area contributed by atoms with Crippen molar-refractivity contribution in [1.29, 1.82) is 0 Å². The Morgan fingerprint density at radius 1 is 1.23 bits per heavy atom. The van der Waals surface area contributed by atoms with Crippen LogP contribution in [0.3, 0.4) is 0 Å². The molecule has 6 heteroatoms. The topological polar surface area (TPSA) is 56.7 Å². The van der Waals surface area contributed by atoms with Gasteiger partial charge in [-0.15, -0.1) is 0 Å². The number of piperidine rings is 1. The van der Waals surface area contributed by atoms with E-state index in [1.54, 1.807) is 0 Å². The fourth-order valence-corrected chi connectivity index (χ4v) is 4.05. The van der Waals surface area contributed by atoms with Gasteiger partial charge < -0.3 is 15.5 Å². The summed E-state index contributed by atoms with van der Waals surface area (Å²) in [6.45, 7) is 10.3. The van der Waals surface area contributed by atoms with Crippen LogP contribution in [-0.4, -0.2) is 60.1 Å². The molecule has 5 nitrogen and oxygen atoms in total. The van der Waals surface area contributed by atoms with Crippen molar-refractivity contribution < 1.29 is 4.21 Å². The fraction of sp³-hybridized carbons (Fsp3) is 0.650. The number of benzene rings is 1. The van der Waals surface area contributed by atoms with Crippen molar-refractivity contribution in [1.82, 2.24) is 15.5 Å². The summed E-state index contributed by atoms with van der Waals surface area (Å²) in [5.41, 5.74) is 0. The number of rotatable bonds is 9. The highest BCUT2D eigenvalue weighted by Gasteiger charge is 2.14. The molecule has 146 valence electrons. The third kappa shape index (κ3) is 7.87. The second-order valence-electron chi connectivity index (χ2n) is 6.93. The summed E-state index contributed by atoms with van der Waals surface area (Å²) in [5, 5.41) is 6.56. The predicted molar refractivity (Wildman–Crippen MR) is 111 cm³/mol. The van der Waals surface area contributed by atoms with Crippen LogP contribution in [0.2, 0.25) is 0 Å². The highest BCUT2D eigenvalue weighted by Crippen LogP contribution is 2.15. The molecule has 0 saturated carbocycles. The van der Waals surface area contributed by atoms with E-state index < -0.39 is 10.8 Å². The van der Waals surface area contributed by atoms with E-state index in [0.717, 1.165) is 42.8 Å². The van der Waals surface area contributed by atoms with Crippen LogP contribution in [0.15, 0.2) is 40.2 Å². The van der Waals surface area contributed by atoms with Crippen molar-refractivity contribution in [2.45, 2.75) is 38.0 Å². The molecular formula is C20H34N4OS. The Kier molecular flexibility index (Phi) is 9.71. The van der Waals surface area contributed by atoms with Gasteiger partial charge in [0.15, 0.2) is 5.96 Å². The molecule has 1 aliphatic heterocycles. The lowest BCUT2D eigenvalue weighted by Crippen LogP contribution is -2.39. The first-order chi connectivity index (χ1) is 12.7. The van der Waals surface area contributed by atoms with Crippen LogP contribution in [-0.2, 0) is 10.8 Å². The van der Waals surface area contributed by atoms with Gasteiger partial charge in [-0.3, -0.25) is 9.20 Å². The SMILES string of the molecule is CCNC(=NCCCN1CCC(C)CC1)NCCS(=O)c1ccccc1. The number of likely N-dealkylation sites (tertiary alicyclic amines) is 1. The van der Waals surface area contributed by atoms with E-state index in [1.165, 1.54) is 25.9 Å². The Hall–Kier alpha value is -1.40. The Bertz CT molecular complexity index is 556. The summed E-state index contributed by atoms with van der Waals surface area (Å²) in [5.74, 6) is 2.29. The first-order valence-corrected chi connectivity index (χ1v) is 11.2. The lowest BCUT2D eigenvalue weighted by molar-refractivity contribution is 0.192. The van der Waals surface area contributed by atoms with Gasteiger partial charge in [-0.05, 0) is 63.9 Å². The van der Waals surface area contributed by atoms with E-state index in [-0.39, 0.29) is 0 Å². The number of nitrogens with one attached hydrogen (secondary N) is 2. The summed E-state index contributed by atoms with van der Waals surface area (Å²) in [6, 6.07) is 9.62. The summed E-state index contributed by atoms with van der Waals surface area (Å²) in [6.07, 6.45) is 3.74. The first-order valence-electron chi connectivity index (χ1n) is 9.87. The fourth-order valence-electron chi connectivity index (χ4n) is 3.06. The van der Waals surface area contributed by atoms with Gasteiger partial charge >= 0.3 is 0 Å². The number of hydrogen-bond donors (Lipinski definition) is 2. The monoisotopic (exact) mass is 378 g/mol. The molecule has 1 saturated heterocycles. The van der Waals surface area contributed by atoms with Crippen LogP contribution in [0.5, 0.6) is 0 Å². The predicted octanol–water partition coefficient (Wildman–Crippen LogP) is 2.47. The molecule has 0 bridgehead atoms. The lowest BCUT2D eigenvalue weighted by Gasteiger charge is -2.29. The van der Waals surface area contributed by atoms with Gasteiger partial charge in [-0.2, -0.15) is 0 Å². The van der Waals surface area contributed by atoms with Crippen molar-refractivity contribution >= 4 is 16.8 Å². The van der Waals surface area contributed by atoms with Crippen molar-refractivity contribution in [3.8, 4) is 0 Å². The summed E-state index contributed by atoms with van der Waals surface area (Å²) in [4.78, 5) is 8.09. The number of nitrogens with zero attached hydrogens (tertiary/aromatic N) is 2. The molecule has 0 amide bonds. The second kappa shape index (κ2) is 12.1. The summed E-state index contributed by atoms with van der Waals surface area (Å²) >= 11 is 0. The second-order valence-corrected chi connectivity index (χ2v) is 8.50. The molecule has 2 N–H and O–H groups in total. The molecular weight excluding hydrogens is 344 g/mol. The highest BCUT2D eigenvalue weighted by atomic mass is 32.2. The van der Waals surface area contributed by atoms with Gasteiger partial charge in [0.1, 0.15) is 0 Å². The Morgan fingerprint density at radius 3 is 2.65 bits per heavy atom. The van der Waals surface area contributed by atoms with Crippen LogP contribution >= 0.6 is 0 Å². The average molecular weight is 379 g/mol. The van der Waals surface area contributed by atoms with Crippen molar-refractivity contribution in [3.05, 3.63) is 30.3 Å². The summed E-state index contributed by atoms with van der Waals surface area (Å²) < 4.78 is 12.2. The van der Waals surface area contributed by atoms with Crippen LogP contribution < -0.4 is 10.6 Å². The number of guanidine groups is 1. The molecule has 0 aromatic heterocycles. The average Bonchev–Trinajstić information content (AvgIpc) is 2.67. The standard InChI is InChI=1S/C20H34N4OS/c1-3-21-20(22-12-7-14-24-15-10-18(2)11-16-24)23-13-17-26(25)19-8-5-4-6-9-19/h4-6,8-9,18H,3,7,10-17H2,1-2H3,(H2,21,22,23). The van der Waals surface area contributed by atoms with Crippen molar-refractivity contribution in [2.24, 2.45) is 10.9 Å². The Balaban J connectivity index is 1.66. The van der Waals surface area contributed by atoms with Crippen LogP contribution in [0, 0.1) is 5.92 Å². The third-order valence-electron chi connectivity index (χ3n) is 4.71. The van der Waals surface area contributed by atoms with Gasteiger partial charge in [0.25, 0.3) is 0 Å². The lowest BCUT2D eigenvalue weighted by atomic mass is 9.99. The minimum Gasteiger partial charge on any atom is -0.357 e. The molecule has 1 heterocycles. The first kappa shape index (κ1) is 20.9. The zero-order chi connectivity index (χ0) is 18.6. The van der Waals surface area contributed by atoms with Crippen molar-refractivity contribution in [3.63, 3.8) is 0 Å². The molecule has 1 fully saturated rings. The molecule has 2 rings (SSSR count). The van der Waals surface area contributed by atoms with Gasteiger partial charge in [-0.25, -0.2) is 0 Å². The van der Waals surface area contributed by atoms with Gasteiger partial charge in [0, 0.05) is 30.3 Å². The molecule has 26 heavy (non-hydrogen) atoms. The van der Waals surface area contributed by atoms with E-state index in [0.29, 0.717) is 12.3 Å². The van der Waals surface area contributed by atoms with Crippen molar-refractivity contribution in [2.75, 3.05) is 45.0 Å². The molecule has 1 aromatic carbocycles. The van der Waals surface area contributed by atoms with Gasteiger partial charge in [0.2, 0.25) is 0 Å². The van der Waals surface area contributed by atoms with E-state index in [2.05, 4.69) is 34.4 Å². The maximum Gasteiger partial charge on any atom is 0.191 e. The largest absolute Gasteiger partial charge is 0.357 e. The maximum absolute atomic E-state index is 12.2. The molecule has 1 aliphatic rings. The molecule has 1 atom stereocenters. The molecule has 0 spiro atoms. The van der Waals surface area contributed by atoms with Crippen LogP contribution in [0.25, 0.3) is 0 Å². The molecule has 0 radical (unpaired) electrons. The Morgan fingerprint density at radius 2 is 1.96 bits per heavy atom. The Labute approximate surface area is 161 Å². The van der Waals surface area contributed by atoms with Crippen LogP contribution in [0.1, 0.15) is 33.1 Å². The molecule has 1 aromatic rings. The zero-order valence-electron chi connectivity index (χ0n) is 16.2. The molecule has 1 unspecified atom stereocenters.